The monoisotopic (exact) mass is 415 g/mol. The number of sulfonamides is 1. The first-order valence-electron chi connectivity index (χ1n) is 5.36. The molecule has 0 aliphatic heterocycles. The molecule has 0 saturated heterocycles. The van der Waals surface area contributed by atoms with Crippen LogP contribution in [-0.4, -0.2) is 37.4 Å². The molecular formula is C11H15Br2NO4S. The van der Waals surface area contributed by atoms with Gasteiger partial charge in [-0.15, -0.1) is 0 Å². The van der Waals surface area contributed by atoms with Crippen molar-refractivity contribution in [2.24, 2.45) is 0 Å². The van der Waals surface area contributed by atoms with Gasteiger partial charge in [-0.3, -0.25) is 0 Å². The predicted molar refractivity (Wildman–Crippen MR) is 79.5 cm³/mol. The van der Waals surface area contributed by atoms with E-state index in [9.17, 15) is 8.42 Å². The second kappa shape index (κ2) is 6.19. The molecule has 0 aromatic heterocycles. The molecular weight excluding hydrogens is 402 g/mol. The highest BCUT2D eigenvalue weighted by Gasteiger charge is 2.30. The third-order valence-corrected chi connectivity index (χ3v) is 6.03. The van der Waals surface area contributed by atoms with Crippen LogP contribution in [-0.2, 0) is 10.0 Å². The van der Waals surface area contributed by atoms with Gasteiger partial charge in [0.25, 0.3) is 0 Å². The summed E-state index contributed by atoms with van der Waals surface area (Å²) in [6.45, 7) is 2.24. The van der Waals surface area contributed by atoms with Crippen molar-refractivity contribution >= 4 is 41.9 Å². The minimum absolute atomic E-state index is 0.0399. The van der Waals surface area contributed by atoms with Crippen LogP contribution >= 0.6 is 31.9 Å². The summed E-state index contributed by atoms with van der Waals surface area (Å²) in [6, 6.07) is 3.14. The summed E-state index contributed by atoms with van der Waals surface area (Å²) in [4.78, 5) is 0.0399. The lowest BCUT2D eigenvalue weighted by molar-refractivity contribution is 0.121. The normalized spacial score (nSPS) is 12.7. The fourth-order valence-corrected chi connectivity index (χ4v) is 4.40. The van der Waals surface area contributed by atoms with E-state index in [4.69, 9.17) is 10.2 Å². The van der Waals surface area contributed by atoms with Crippen molar-refractivity contribution in [2.75, 3.05) is 13.2 Å². The molecule has 3 N–H and O–H groups in total. The van der Waals surface area contributed by atoms with Crippen LogP contribution in [0.25, 0.3) is 0 Å². The maximum atomic E-state index is 12.3. The molecule has 5 nitrogen and oxygen atoms in total. The van der Waals surface area contributed by atoms with Gasteiger partial charge in [0, 0.05) is 8.95 Å². The number of benzene rings is 1. The number of hydrogen-bond donors (Lipinski definition) is 3. The third-order valence-electron chi connectivity index (χ3n) is 2.58. The Kier molecular flexibility index (Phi) is 5.56. The van der Waals surface area contributed by atoms with E-state index in [1.165, 1.54) is 13.0 Å². The van der Waals surface area contributed by atoms with Gasteiger partial charge < -0.3 is 10.2 Å². The molecule has 0 saturated carbocycles. The first-order valence-corrected chi connectivity index (χ1v) is 8.43. The van der Waals surface area contributed by atoms with Crippen LogP contribution < -0.4 is 4.72 Å². The summed E-state index contributed by atoms with van der Waals surface area (Å²) in [5, 5.41) is 18.3. The predicted octanol–water partition coefficient (Wildman–Crippen LogP) is 1.54. The van der Waals surface area contributed by atoms with Gasteiger partial charge in [0.05, 0.1) is 23.6 Å². The van der Waals surface area contributed by atoms with Crippen LogP contribution in [0.15, 0.2) is 26.0 Å². The van der Waals surface area contributed by atoms with Gasteiger partial charge in [-0.05, 0) is 47.5 Å². The summed E-state index contributed by atoms with van der Waals surface area (Å²) >= 11 is 6.48. The van der Waals surface area contributed by atoms with Crippen molar-refractivity contribution in [2.45, 2.75) is 24.3 Å². The van der Waals surface area contributed by atoms with E-state index in [0.29, 0.717) is 8.95 Å². The fraction of sp³-hybridized carbons (Fsp3) is 0.455. The molecule has 0 radical (unpaired) electrons. The van der Waals surface area contributed by atoms with E-state index in [1.807, 2.05) is 6.92 Å². The molecule has 0 heterocycles. The highest BCUT2D eigenvalue weighted by Crippen LogP contribution is 2.29. The van der Waals surface area contributed by atoms with Gasteiger partial charge in [0.1, 0.15) is 0 Å². The average molecular weight is 417 g/mol. The summed E-state index contributed by atoms with van der Waals surface area (Å²) in [5.41, 5.74) is -0.423. The lowest BCUT2D eigenvalue weighted by Gasteiger charge is -2.26. The van der Waals surface area contributed by atoms with E-state index in [2.05, 4.69) is 36.6 Å². The molecule has 0 amide bonds. The topological polar surface area (TPSA) is 86.6 Å². The van der Waals surface area contributed by atoms with Gasteiger partial charge in [-0.25, -0.2) is 13.1 Å². The Bertz CT molecular complexity index is 570. The maximum Gasteiger partial charge on any atom is 0.242 e. The number of aryl methyl sites for hydroxylation is 1. The minimum atomic E-state index is -3.86. The van der Waals surface area contributed by atoms with Crippen molar-refractivity contribution in [3.05, 3.63) is 26.6 Å². The quantitative estimate of drug-likeness (QED) is 0.679. The van der Waals surface area contributed by atoms with E-state index in [-0.39, 0.29) is 4.90 Å². The van der Waals surface area contributed by atoms with E-state index in [1.54, 1.807) is 6.07 Å². The van der Waals surface area contributed by atoms with Crippen LogP contribution in [0.3, 0.4) is 0 Å². The first-order chi connectivity index (χ1) is 8.65. The molecule has 0 fully saturated rings. The Balaban J connectivity index is 3.25. The molecule has 8 heteroatoms. The standard InChI is InChI=1S/C11H15Br2NO4S/c1-7-3-9(13)10(4-8(7)12)19(17,18)14-11(2,5-15)6-16/h3-4,14-16H,5-6H2,1-2H3. The molecule has 0 aliphatic rings. The SMILES string of the molecule is Cc1cc(Br)c(S(=O)(=O)NC(C)(CO)CO)cc1Br. The summed E-state index contributed by atoms with van der Waals surface area (Å²) < 4.78 is 27.9. The van der Waals surface area contributed by atoms with Crippen LogP contribution in [0.1, 0.15) is 12.5 Å². The average Bonchev–Trinajstić information content (AvgIpc) is 2.33. The van der Waals surface area contributed by atoms with Crippen LogP contribution in [0, 0.1) is 6.92 Å². The number of rotatable bonds is 5. The van der Waals surface area contributed by atoms with Crippen LogP contribution in [0.2, 0.25) is 0 Å². The molecule has 0 bridgehead atoms. The van der Waals surface area contributed by atoms with Gasteiger partial charge in [0.15, 0.2) is 0 Å². The van der Waals surface area contributed by atoms with E-state index >= 15 is 0 Å². The van der Waals surface area contributed by atoms with Crippen molar-refractivity contribution in [3.63, 3.8) is 0 Å². The summed E-state index contributed by atoms with van der Waals surface area (Å²) in [5.74, 6) is 0. The third kappa shape index (κ3) is 3.99. The van der Waals surface area contributed by atoms with Gasteiger partial charge in [-0.2, -0.15) is 0 Å². The fourth-order valence-electron chi connectivity index (χ4n) is 1.33. The zero-order valence-corrected chi connectivity index (χ0v) is 14.4. The van der Waals surface area contributed by atoms with Crippen molar-refractivity contribution in [1.29, 1.82) is 0 Å². The number of aliphatic hydroxyl groups is 2. The zero-order valence-electron chi connectivity index (χ0n) is 10.4. The minimum Gasteiger partial charge on any atom is -0.394 e. The molecule has 0 spiro atoms. The second-order valence-corrected chi connectivity index (χ2v) is 7.87. The zero-order chi connectivity index (χ0) is 14.8. The summed E-state index contributed by atoms with van der Waals surface area (Å²) in [7, 11) is -3.86. The molecule has 0 aliphatic carbocycles. The molecule has 1 aromatic rings. The molecule has 0 unspecified atom stereocenters. The van der Waals surface area contributed by atoms with Gasteiger partial charge >= 0.3 is 0 Å². The molecule has 1 rings (SSSR count). The Labute approximate surface area is 129 Å². The number of hydrogen-bond acceptors (Lipinski definition) is 4. The highest BCUT2D eigenvalue weighted by molar-refractivity contribution is 9.11. The highest BCUT2D eigenvalue weighted by atomic mass is 79.9. The van der Waals surface area contributed by atoms with Gasteiger partial charge in [-0.1, -0.05) is 15.9 Å². The molecule has 1 aromatic carbocycles. The maximum absolute atomic E-state index is 12.3. The largest absolute Gasteiger partial charge is 0.394 e. The number of halogens is 2. The molecule has 19 heavy (non-hydrogen) atoms. The molecule has 108 valence electrons. The van der Waals surface area contributed by atoms with E-state index < -0.39 is 28.8 Å². The smallest absolute Gasteiger partial charge is 0.242 e. The number of nitrogens with one attached hydrogen (secondary N) is 1. The Morgan fingerprint density at radius 1 is 1.21 bits per heavy atom. The Hall–Kier alpha value is 0.01000. The van der Waals surface area contributed by atoms with Gasteiger partial charge in [0.2, 0.25) is 10.0 Å². The van der Waals surface area contributed by atoms with Crippen LogP contribution in [0.5, 0.6) is 0 Å². The second-order valence-electron chi connectivity index (χ2n) is 4.51. The van der Waals surface area contributed by atoms with Crippen molar-refractivity contribution < 1.29 is 18.6 Å². The Morgan fingerprint density at radius 2 is 1.74 bits per heavy atom. The first kappa shape index (κ1) is 17.1. The Morgan fingerprint density at radius 3 is 2.21 bits per heavy atom. The summed E-state index contributed by atoms with van der Waals surface area (Å²) in [6.07, 6.45) is 0. The lowest BCUT2D eigenvalue weighted by Crippen LogP contribution is -2.51. The number of aliphatic hydroxyl groups excluding tert-OH is 2. The van der Waals surface area contributed by atoms with Crippen molar-refractivity contribution in [1.82, 2.24) is 4.72 Å². The van der Waals surface area contributed by atoms with Crippen LogP contribution in [0.4, 0.5) is 0 Å². The lowest BCUT2D eigenvalue weighted by atomic mass is 10.1. The van der Waals surface area contributed by atoms with E-state index in [0.717, 1.165) is 5.56 Å². The van der Waals surface area contributed by atoms with Crippen molar-refractivity contribution in [3.8, 4) is 0 Å². The molecule has 0 atom stereocenters.